The van der Waals surface area contributed by atoms with Gasteiger partial charge in [0, 0.05) is 0 Å². The van der Waals surface area contributed by atoms with Crippen molar-refractivity contribution >= 4 is 21.5 Å². The molecule has 1 aliphatic carbocycles. The van der Waals surface area contributed by atoms with Crippen molar-refractivity contribution in [3.8, 4) is 33.4 Å². The molecule has 0 radical (unpaired) electrons. The molecule has 0 heterocycles. The van der Waals surface area contributed by atoms with Crippen LogP contribution in [-0.2, 0) is 12.8 Å². The first kappa shape index (κ1) is 19.3. The van der Waals surface area contributed by atoms with E-state index in [0.717, 1.165) is 12.8 Å². The lowest BCUT2D eigenvalue weighted by Crippen LogP contribution is -2.03. The fraction of sp³-hybridized carbons (Fsp3) is 0.0588. The van der Waals surface area contributed by atoms with E-state index in [1.165, 1.54) is 66.1 Å². The van der Waals surface area contributed by atoms with Crippen LogP contribution >= 0.6 is 0 Å². The summed E-state index contributed by atoms with van der Waals surface area (Å²) in [5, 5.41) is 5.22. The van der Waals surface area contributed by atoms with Crippen LogP contribution in [0.15, 0.2) is 121 Å². The predicted octanol–water partition coefficient (Wildman–Crippen LogP) is 9.09. The molecule has 0 heteroatoms. The van der Waals surface area contributed by atoms with E-state index in [2.05, 4.69) is 121 Å². The molecule has 0 atom stereocenters. The molecule has 0 amide bonds. The minimum Gasteiger partial charge on any atom is -0.0620 e. The normalized spacial score (nSPS) is 12.5. The van der Waals surface area contributed by atoms with E-state index >= 15 is 0 Å². The maximum absolute atomic E-state index is 2.39. The minimum atomic E-state index is 1.11. The summed E-state index contributed by atoms with van der Waals surface area (Å²) in [6.07, 6.45) is 2.24. The highest BCUT2D eigenvalue weighted by molar-refractivity contribution is 6.13. The summed E-state index contributed by atoms with van der Waals surface area (Å²) in [6.45, 7) is 0. The molecule has 0 aromatic heterocycles. The summed E-state index contributed by atoms with van der Waals surface area (Å²) in [7, 11) is 0. The second-order valence-electron chi connectivity index (χ2n) is 9.30. The molecule has 0 saturated carbocycles. The molecule has 1 aliphatic rings. The van der Waals surface area contributed by atoms with Gasteiger partial charge in [0.15, 0.2) is 0 Å². The molecule has 160 valence electrons. The SMILES string of the molecule is c1ccc2c(c1)CCc1cc(-c3ccc(-c4cc5ccccc5c5ccccc45)cc3)ccc1-2. The van der Waals surface area contributed by atoms with Crippen LogP contribution in [0, 0.1) is 0 Å². The second kappa shape index (κ2) is 7.71. The van der Waals surface area contributed by atoms with Crippen molar-refractivity contribution < 1.29 is 0 Å². The standard InChI is InChI=1S/C34H24/c1-3-9-29-24(7-1)17-18-28-21-26(19-20-31(28)29)23-13-15-25(16-14-23)34-22-27-8-2-4-10-30(27)32-11-5-6-12-33(32)34/h1-16,19-22H,17-18H2. The van der Waals surface area contributed by atoms with Gasteiger partial charge in [-0.05, 0) is 85.0 Å². The van der Waals surface area contributed by atoms with Crippen LogP contribution in [0.3, 0.4) is 0 Å². The molecule has 0 aliphatic heterocycles. The van der Waals surface area contributed by atoms with Gasteiger partial charge in [0.05, 0.1) is 0 Å². The van der Waals surface area contributed by atoms with Gasteiger partial charge in [-0.15, -0.1) is 0 Å². The van der Waals surface area contributed by atoms with Crippen LogP contribution in [0.2, 0.25) is 0 Å². The van der Waals surface area contributed by atoms with Gasteiger partial charge in [-0.25, -0.2) is 0 Å². The maximum atomic E-state index is 2.39. The summed E-state index contributed by atoms with van der Waals surface area (Å²) < 4.78 is 0. The molecule has 6 aromatic rings. The molecule has 7 rings (SSSR count). The van der Waals surface area contributed by atoms with E-state index in [9.17, 15) is 0 Å². The summed E-state index contributed by atoms with van der Waals surface area (Å²) in [6, 6.07) is 44.7. The van der Waals surface area contributed by atoms with Crippen molar-refractivity contribution in [2.24, 2.45) is 0 Å². The summed E-state index contributed by atoms with van der Waals surface area (Å²) in [5.74, 6) is 0. The number of hydrogen-bond acceptors (Lipinski definition) is 0. The van der Waals surface area contributed by atoms with E-state index in [4.69, 9.17) is 0 Å². The molecular weight excluding hydrogens is 408 g/mol. The van der Waals surface area contributed by atoms with Gasteiger partial charge in [0.2, 0.25) is 0 Å². The maximum Gasteiger partial charge on any atom is -0.00990 e. The summed E-state index contributed by atoms with van der Waals surface area (Å²) >= 11 is 0. The average molecular weight is 433 g/mol. The summed E-state index contributed by atoms with van der Waals surface area (Å²) in [5.41, 5.74) is 10.8. The average Bonchev–Trinajstić information content (AvgIpc) is 2.92. The fourth-order valence-electron chi connectivity index (χ4n) is 5.65. The zero-order chi connectivity index (χ0) is 22.5. The van der Waals surface area contributed by atoms with Crippen LogP contribution in [0.1, 0.15) is 11.1 Å². The molecule has 34 heavy (non-hydrogen) atoms. The molecule has 0 saturated heterocycles. The third kappa shape index (κ3) is 3.07. The van der Waals surface area contributed by atoms with Gasteiger partial charge >= 0.3 is 0 Å². The Morgan fingerprint density at radius 3 is 1.85 bits per heavy atom. The van der Waals surface area contributed by atoms with Crippen molar-refractivity contribution in [3.05, 3.63) is 132 Å². The van der Waals surface area contributed by atoms with Crippen molar-refractivity contribution in [2.75, 3.05) is 0 Å². The largest absolute Gasteiger partial charge is 0.0620 e. The van der Waals surface area contributed by atoms with Gasteiger partial charge in [-0.3, -0.25) is 0 Å². The number of rotatable bonds is 2. The lowest BCUT2D eigenvalue weighted by atomic mass is 9.84. The Morgan fingerprint density at radius 1 is 0.353 bits per heavy atom. The van der Waals surface area contributed by atoms with E-state index in [-0.39, 0.29) is 0 Å². The molecule has 0 unspecified atom stereocenters. The molecule has 0 fully saturated rings. The van der Waals surface area contributed by atoms with E-state index in [0.29, 0.717) is 0 Å². The van der Waals surface area contributed by atoms with E-state index in [1.54, 1.807) is 0 Å². The first-order valence-electron chi connectivity index (χ1n) is 12.1. The molecule has 0 bridgehead atoms. The topological polar surface area (TPSA) is 0 Å². The van der Waals surface area contributed by atoms with E-state index < -0.39 is 0 Å². The first-order chi connectivity index (χ1) is 16.8. The highest BCUT2D eigenvalue weighted by Gasteiger charge is 2.16. The monoisotopic (exact) mass is 432 g/mol. The Bertz CT molecular complexity index is 1690. The van der Waals surface area contributed by atoms with Crippen molar-refractivity contribution in [3.63, 3.8) is 0 Å². The van der Waals surface area contributed by atoms with Gasteiger partial charge in [-0.2, -0.15) is 0 Å². The van der Waals surface area contributed by atoms with Gasteiger partial charge < -0.3 is 0 Å². The second-order valence-corrected chi connectivity index (χ2v) is 9.30. The third-order valence-electron chi connectivity index (χ3n) is 7.37. The van der Waals surface area contributed by atoms with Gasteiger partial charge in [0.1, 0.15) is 0 Å². The lowest BCUT2D eigenvalue weighted by molar-refractivity contribution is 0.942. The Hall–Kier alpha value is -4.16. The van der Waals surface area contributed by atoms with Crippen molar-refractivity contribution in [1.82, 2.24) is 0 Å². The molecular formula is C34H24. The zero-order valence-electron chi connectivity index (χ0n) is 19.0. The quantitative estimate of drug-likeness (QED) is 0.239. The van der Waals surface area contributed by atoms with Crippen LogP contribution in [-0.4, -0.2) is 0 Å². The van der Waals surface area contributed by atoms with Crippen molar-refractivity contribution in [2.45, 2.75) is 12.8 Å². The van der Waals surface area contributed by atoms with Crippen LogP contribution in [0.4, 0.5) is 0 Å². The number of hydrogen-bond donors (Lipinski definition) is 0. The van der Waals surface area contributed by atoms with Crippen LogP contribution in [0.25, 0.3) is 54.9 Å². The fourth-order valence-corrected chi connectivity index (χ4v) is 5.65. The Balaban J connectivity index is 1.30. The van der Waals surface area contributed by atoms with E-state index in [1.807, 2.05) is 0 Å². The highest BCUT2D eigenvalue weighted by atomic mass is 14.2. The first-order valence-corrected chi connectivity index (χ1v) is 12.1. The molecule has 0 nitrogen and oxygen atoms in total. The number of fused-ring (bicyclic) bond motifs is 6. The van der Waals surface area contributed by atoms with Gasteiger partial charge in [-0.1, -0.05) is 115 Å². The number of benzene rings is 6. The van der Waals surface area contributed by atoms with Gasteiger partial charge in [0.25, 0.3) is 0 Å². The lowest BCUT2D eigenvalue weighted by Gasteiger charge is -2.20. The van der Waals surface area contributed by atoms with Crippen LogP contribution < -0.4 is 0 Å². The Morgan fingerprint density at radius 2 is 0.971 bits per heavy atom. The molecule has 6 aromatic carbocycles. The Labute approximate surface area is 200 Å². The van der Waals surface area contributed by atoms with Crippen molar-refractivity contribution in [1.29, 1.82) is 0 Å². The number of aryl methyl sites for hydroxylation is 2. The summed E-state index contributed by atoms with van der Waals surface area (Å²) in [4.78, 5) is 0. The smallest absolute Gasteiger partial charge is 0.00990 e. The minimum absolute atomic E-state index is 1.11. The zero-order valence-corrected chi connectivity index (χ0v) is 19.0. The molecule has 0 N–H and O–H groups in total. The molecule has 0 spiro atoms. The third-order valence-corrected chi connectivity index (χ3v) is 7.37. The highest BCUT2D eigenvalue weighted by Crippen LogP contribution is 2.38. The van der Waals surface area contributed by atoms with Crippen LogP contribution in [0.5, 0.6) is 0 Å². The predicted molar refractivity (Wildman–Crippen MR) is 145 cm³/mol. The Kier molecular flexibility index (Phi) is 4.38.